The number of hydrogen-bond donors (Lipinski definition) is 0. The van der Waals surface area contributed by atoms with Crippen LogP contribution in [0.1, 0.15) is 5.69 Å². The van der Waals surface area contributed by atoms with Crippen molar-refractivity contribution in [3.8, 4) is 17.1 Å². The molecule has 2 aromatic heterocycles. The SMILES string of the molecule is COc1nc2ccccc2cc1-c1cccc(C)n1. The van der Waals surface area contributed by atoms with Crippen LogP contribution >= 0.6 is 0 Å². The van der Waals surface area contributed by atoms with Crippen LogP contribution in [0.4, 0.5) is 0 Å². The van der Waals surface area contributed by atoms with Crippen molar-refractivity contribution < 1.29 is 4.74 Å². The molecule has 94 valence electrons. The average Bonchev–Trinajstić information content (AvgIpc) is 2.46. The van der Waals surface area contributed by atoms with Crippen LogP contribution in [0.15, 0.2) is 48.5 Å². The highest BCUT2D eigenvalue weighted by atomic mass is 16.5. The molecular weight excluding hydrogens is 236 g/mol. The predicted octanol–water partition coefficient (Wildman–Crippen LogP) is 3.61. The number of rotatable bonds is 2. The molecule has 0 radical (unpaired) electrons. The maximum absolute atomic E-state index is 5.40. The van der Waals surface area contributed by atoms with Crippen LogP contribution in [0.3, 0.4) is 0 Å². The lowest BCUT2D eigenvalue weighted by Crippen LogP contribution is -1.95. The average molecular weight is 250 g/mol. The van der Waals surface area contributed by atoms with E-state index >= 15 is 0 Å². The Balaban J connectivity index is 2.27. The first-order valence-corrected chi connectivity index (χ1v) is 6.16. The highest BCUT2D eigenvalue weighted by molar-refractivity contribution is 5.85. The molecule has 0 saturated heterocycles. The molecule has 0 saturated carbocycles. The molecule has 0 bridgehead atoms. The summed E-state index contributed by atoms with van der Waals surface area (Å²) >= 11 is 0. The van der Waals surface area contributed by atoms with E-state index < -0.39 is 0 Å². The normalized spacial score (nSPS) is 10.6. The Morgan fingerprint density at radius 2 is 1.79 bits per heavy atom. The molecule has 0 aliphatic rings. The number of aromatic nitrogens is 2. The summed E-state index contributed by atoms with van der Waals surface area (Å²) in [5, 5.41) is 1.08. The molecule has 0 fully saturated rings. The first-order valence-electron chi connectivity index (χ1n) is 6.16. The van der Waals surface area contributed by atoms with E-state index in [1.807, 2.05) is 49.4 Å². The lowest BCUT2D eigenvalue weighted by Gasteiger charge is -2.09. The van der Waals surface area contributed by atoms with Gasteiger partial charge in [-0.05, 0) is 31.2 Å². The van der Waals surface area contributed by atoms with Gasteiger partial charge in [-0.2, -0.15) is 0 Å². The zero-order chi connectivity index (χ0) is 13.2. The minimum Gasteiger partial charge on any atom is -0.480 e. The Labute approximate surface area is 111 Å². The molecule has 2 heterocycles. The van der Waals surface area contributed by atoms with Crippen molar-refractivity contribution in [3.05, 3.63) is 54.2 Å². The minimum absolute atomic E-state index is 0.608. The molecule has 0 spiro atoms. The van der Waals surface area contributed by atoms with Crippen molar-refractivity contribution in [1.82, 2.24) is 9.97 Å². The smallest absolute Gasteiger partial charge is 0.223 e. The number of para-hydroxylation sites is 1. The van der Waals surface area contributed by atoms with Gasteiger partial charge in [0.15, 0.2) is 0 Å². The van der Waals surface area contributed by atoms with E-state index in [-0.39, 0.29) is 0 Å². The maximum Gasteiger partial charge on any atom is 0.223 e. The molecule has 0 amide bonds. The summed E-state index contributed by atoms with van der Waals surface area (Å²) in [6, 6.07) is 16.0. The van der Waals surface area contributed by atoms with E-state index in [2.05, 4.69) is 16.0 Å². The van der Waals surface area contributed by atoms with E-state index in [9.17, 15) is 0 Å². The Morgan fingerprint density at radius 3 is 2.58 bits per heavy atom. The molecule has 0 unspecified atom stereocenters. The number of nitrogens with zero attached hydrogens (tertiary/aromatic N) is 2. The van der Waals surface area contributed by atoms with Crippen molar-refractivity contribution in [2.75, 3.05) is 7.11 Å². The second-order valence-electron chi connectivity index (χ2n) is 4.40. The molecule has 1 aromatic carbocycles. The molecule has 0 aliphatic carbocycles. The molecular formula is C16H14N2O. The summed E-state index contributed by atoms with van der Waals surface area (Å²) in [6.07, 6.45) is 0. The highest BCUT2D eigenvalue weighted by Crippen LogP contribution is 2.30. The van der Waals surface area contributed by atoms with Gasteiger partial charge in [0.1, 0.15) is 0 Å². The summed E-state index contributed by atoms with van der Waals surface area (Å²) in [5.41, 5.74) is 3.71. The number of benzene rings is 1. The predicted molar refractivity (Wildman–Crippen MR) is 76.3 cm³/mol. The fraction of sp³-hybridized carbons (Fsp3) is 0.125. The summed E-state index contributed by atoms with van der Waals surface area (Å²) < 4.78 is 5.40. The Morgan fingerprint density at radius 1 is 0.947 bits per heavy atom. The van der Waals surface area contributed by atoms with Crippen LogP contribution < -0.4 is 4.74 Å². The van der Waals surface area contributed by atoms with Gasteiger partial charge in [-0.1, -0.05) is 24.3 Å². The monoisotopic (exact) mass is 250 g/mol. The van der Waals surface area contributed by atoms with Gasteiger partial charge < -0.3 is 4.74 Å². The number of ether oxygens (including phenoxy) is 1. The fourth-order valence-corrected chi connectivity index (χ4v) is 2.13. The van der Waals surface area contributed by atoms with Crippen LogP contribution in [0.5, 0.6) is 5.88 Å². The van der Waals surface area contributed by atoms with Crippen LogP contribution in [-0.4, -0.2) is 17.1 Å². The molecule has 19 heavy (non-hydrogen) atoms. The van der Waals surface area contributed by atoms with Crippen molar-refractivity contribution in [2.45, 2.75) is 6.92 Å². The fourth-order valence-electron chi connectivity index (χ4n) is 2.13. The van der Waals surface area contributed by atoms with Gasteiger partial charge in [-0.3, -0.25) is 4.98 Å². The van der Waals surface area contributed by atoms with E-state index in [4.69, 9.17) is 4.74 Å². The van der Waals surface area contributed by atoms with Gasteiger partial charge in [-0.15, -0.1) is 0 Å². The third-order valence-corrected chi connectivity index (χ3v) is 3.05. The highest BCUT2D eigenvalue weighted by Gasteiger charge is 2.10. The van der Waals surface area contributed by atoms with Gasteiger partial charge in [-0.25, -0.2) is 4.98 Å². The molecule has 3 heteroatoms. The Bertz CT molecular complexity index is 738. The molecule has 3 aromatic rings. The van der Waals surface area contributed by atoms with Crippen molar-refractivity contribution in [3.63, 3.8) is 0 Å². The van der Waals surface area contributed by atoms with Gasteiger partial charge in [0.2, 0.25) is 5.88 Å². The first kappa shape index (κ1) is 11.7. The number of hydrogen-bond acceptors (Lipinski definition) is 3. The largest absolute Gasteiger partial charge is 0.480 e. The topological polar surface area (TPSA) is 35.0 Å². The van der Waals surface area contributed by atoms with E-state index in [1.165, 1.54) is 0 Å². The molecule has 3 rings (SSSR count). The Kier molecular flexibility index (Phi) is 2.88. The van der Waals surface area contributed by atoms with Crippen molar-refractivity contribution in [2.24, 2.45) is 0 Å². The zero-order valence-electron chi connectivity index (χ0n) is 10.9. The van der Waals surface area contributed by atoms with Crippen LogP contribution in [-0.2, 0) is 0 Å². The zero-order valence-corrected chi connectivity index (χ0v) is 10.9. The summed E-state index contributed by atoms with van der Waals surface area (Å²) in [6.45, 7) is 1.98. The number of aryl methyl sites for hydroxylation is 1. The van der Waals surface area contributed by atoms with Crippen LogP contribution in [0, 0.1) is 6.92 Å². The number of pyridine rings is 2. The minimum atomic E-state index is 0.608. The van der Waals surface area contributed by atoms with Gasteiger partial charge >= 0.3 is 0 Å². The van der Waals surface area contributed by atoms with Gasteiger partial charge in [0.05, 0.1) is 23.9 Å². The third kappa shape index (κ3) is 2.15. The van der Waals surface area contributed by atoms with E-state index in [0.29, 0.717) is 5.88 Å². The molecule has 0 aliphatic heterocycles. The quantitative estimate of drug-likeness (QED) is 0.696. The lowest BCUT2D eigenvalue weighted by atomic mass is 10.1. The third-order valence-electron chi connectivity index (χ3n) is 3.05. The first-order chi connectivity index (χ1) is 9.28. The van der Waals surface area contributed by atoms with E-state index in [1.54, 1.807) is 7.11 Å². The van der Waals surface area contributed by atoms with Crippen LogP contribution in [0.25, 0.3) is 22.2 Å². The van der Waals surface area contributed by atoms with Gasteiger partial charge in [0.25, 0.3) is 0 Å². The van der Waals surface area contributed by atoms with Gasteiger partial charge in [0, 0.05) is 11.1 Å². The van der Waals surface area contributed by atoms with Crippen LogP contribution in [0.2, 0.25) is 0 Å². The van der Waals surface area contributed by atoms with Crippen molar-refractivity contribution in [1.29, 1.82) is 0 Å². The second kappa shape index (κ2) is 4.69. The second-order valence-corrected chi connectivity index (χ2v) is 4.40. The molecule has 3 nitrogen and oxygen atoms in total. The van der Waals surface area contributed by atoms with E-state index in [0.717, 1.165) is 27.9 Å². The standard InChI is InChI=1S/C16H14N2O/c1-11-6-5-9-15(17-11)13-10-12-7-3-4-8-14(12)18-16(13)19-2/h3-10H,1-2H3. The number of fused-ring (bicyclic) bond motifs is 1. The maximum atomic E-state index is 5.40. The summed E-state index contributed by atoms with van der Waals surface area (Å²) in [5.74, 6) is 0.608. The summed E-state index contributed by atoms with van der Waals surface area (Å²) in [4.78, 5) is 9.08. The number of methoxy groups -OCH3 is 1. The molecule has 0 N–H and O–H groups in total. The lowest BCUT2D eigenvalue weighted by molar-refractivity contribution is 0.401. The summed E-state index contributed by atoms with van der Waals surface area (Å²) in [7, 11) is 1.64. The molecule has 0 atom stereocenters. The van der Waals surface area contributed by atoms with Crippen molar-refractivity contribution >= 4 is 10.9 Å². The Hall–Kier alpha value is -2.42.